The first-order valence-corrected chi connectivity index (χ1v) is 9.36. The fraction of sp³-hybridized carbons (Fsp3) is 0.200. The van der Waals surface area contributed by atoms with Crippen molar-refractivity contribution in [1.82, 2.24) is 9.55 Å². The van der Waals surface area contributed by atoms with Gasteiger partial charge in [0, 0.05) is 11.6 Å². The van der Waals surface area contributed by atoms with Crippen molar-refractivity contribution >= 4 is 45.8 Å². The van der Waals surface area contributed by atoms with Crippen molar-refractivity contribution in [2.24, 2.45) is 0 Å². The van der Waals surface area contributed by atoms with Crippen molar-refractivity contribution in [3.05, 3.63) is 62.1 Å². The molecule has 5 nitrogen and oxygen atoms in total. The smallest absolute Gasteiger partial charge is 0.261 e. The minimum absolute atomic E-state index is 0.0460. The van der Waals surface area contributed by atoms with Crippen LogP contribution in [0.2, 0.25) is 10.0 Å². The second-order valence-electron chi connectivity index (χ2n) is 6.50. The molecule has 7 heteroatoms. The maximum atomic E-state index is 12.8. The first-order chi connectivity index (χ1) is 13.1. The van der Waals surface area contributed by atoms with Gasteiger partial charge in [-0.3, -0.25) is 9.36 Å². The molecule has 0 N–H and O–H groups in total. The maximum Gasteiger partial charge on any atom is 0.261 e. The third-order valence-electron chi connectivity index (χ3n) is 4.77. The lowest BCUT2D eigenvalue weighted by atomic mass is 10.1. The third kappa shape index (κ3) is 2.78. The molecule has 0 aliphatic carbocycles. The summed E-state index contributed by atoms with van der Waals surface area (Å²) < 4.78 is 12.9. The monoisotopic (exact) mass is 400 g/mol. The molecular weight excluding hydrogens is 387 g/mol. The van der Waals surface area contributed by atoms with Crippen molar-refractivity contribution in [3.8, 4) is 11.5 Å². The third-order valence-corrected chi connectivity index (χ3v) is 5.29. The Balaban J connectivity index is 1.64. The summed E-state index contributed by atoms with van der Waals surface area (Å²) in [5, 5.41) is 1.64. The van der Waals surface area contributed by atoms with Crippen LogP contribution in [-0.4, -0.2) is 22.8 Å². The molecule has 0 saturated heterocycles. The molecule has 2 aliphatic rings. The Hall–Kier alpha value is -2.50. The highest BCUT2D eigenvalue weighted by molar-refractivity contribution is 6.32. The van der Waals surface area contributed by atoms with E-state index in [0.29, 0.717) is 58.0 Å². The average molecular weight is 401 g/mol. The molecule has 0 spiro atoms. The van der Waals surface area contributed by atoms with Crippen molar-refractivity contribution in [3.63, 3.8) is 0 Å². The van der Waals surface area contributed by atoms with E-state index in [1.54, 1.807) is 22.8 Å². The lowest BCUT2D eigenvalue weighted by molar-refractivity contribution is 0.171. The number of allylic oxidation sites excluding steroid dienone is 1. The number of nitrogens with zero attached hydrogens (tertiary/aromatic N) is 2. The minimum atomic E-state index is -0.0460. The summed E-state index contributed by atoms with van der Waals surface area (Å²) in [4.78, 5) is 17.5. The van der Waals surface area contributed by atoms with Gasteiger partial charge in [-0.05, 0) is 54.0 Å². The molecule has 2 aromatic carbocycles. The Morgan fingerprint density at radius 2 is 1.96 bits per heavy atom. The molecule has 0 saturated carbocycles. The number of rotatable bonds is 1. The zero-order valence-corrected chi connectivity index (χ0v) is 15.7. The standard InChI is InChI=1S/C20H14Cl2N2O3/c21-13-1-2-14-16(10-13)23-19-12(3-4-24(19)20(14)25)7-11-8-15(22)18-17(9-11)26-5-6-27-18/h1-2,7-10H,3-6H2. The molecule has 27 heavy (non-hydrogen) atoms. The second-order valence-corrected chi connectivity index (χ2v) is 7.34. The topological polar surface area (TPSA) is 53.4 Å². The molecule has 3 heterocycles. The summed E-state index contributed by atoms with van der Waals surface area (Å²) in [5.74, 6) is 1.88. The van der Waals surface area contributed by atoms with Crippen LogP contribution in [0.4, 0.5) is 0 Å². The van der Waals surface area contributed by atoms with E-state index in [-0.39, 0.29) is 5.56 Å². The van der Waals surface area contributed by atoms with Gasteiger partial charge in [-0.1, -0.05) is 23.2 Å². The van der Waals surface area contributed by atoms with E-state index in [4.69, 9.17) is 32.7 Å². The summed E-state index contributed by atoms with van der Waals surface area (Å²) in [6, 6.07) is 8.88. The van der Waals surface area contributed by atoms with Crippen LogP contribution >= 0.6 is 23.2 Å². The SMILES string of the molecule is O=c1c2ccc(Cl)cc2nc2n1CCC2=Cc1cc(Cl)c2c(c1)OCCO2. The zero-order valence-electron chi connectivity index (χ0n) is 14.2. The molecule has 0 unspecified atom stereocenters. The van der Waals surface area contributed by atoms with Crippen LogP contribution in [0.15, 0.2) is 35.1 Å². The number of halogens is 2. The van der Waals surface area contributed by atoms with Crippen LogP contribution in [0.25, 0.3) is 22.6 Å². The van der Waals surface area contributed by atoms with Crippen LogP contribution in [0.1, 0.15) is 17.8 Å². The van der Waals surface area contributed by atoms with E-state index < -0.39 is 0 Å². The predicted molar refractivity (Wildman–Crippen MR) is 106 cm³/mol. The van der Waals surface area contributed by atoms with Gasteiger partial charge in [0.15, 0.2) is 11.5 Å². The van der Waals surface area contributed by atoms with Gasteiger partial charge in [0.1, 0.15) is 19.0 Å². The van der Waals surface area contributed by atoms with Gasteiger partial charge in [0.2, 0.25) is 0 Å². The lowest BCUT2D eigenvalue weighted by Crippen LogP contribution is -2.20. The molecule has 2 aliphatic heterocycles. The number of ether oxygens (including phenoxy) is 2. The predicted octanol–water partition coefficient (Wildman–Crippen LogP) is 4.42. The average Bonchev–Trinajstić information content (AvgIpc) is 3.04. The minimum Gasteiger partial charge on any atom is -0.486 e. The molecule has 136 valence electrons. The van der Waals surface area contributed by atoms with Gasteiger partial charge < -0.3 is 9.47 Å². The fourth-order valence-electron chi connectivity index (χ4n) is 3.54. The summed E-state index contributed by atoms with van der Waals surface area (Å²) >= 11 is 12.4. The summed E-state index contributed by atoms with van der Waals surface area (Å²) in [5.41, 5.74) is 2.41. The summed E-state index contributed by atoms with van der Waals surface area (Å²) in [6.07, 6.45) is 2.71. The highest BCUT2D eigenvalue weighted by atomic mass is 35.5. The highest BCUT2D eigenvalue weighted by Gasteiger charge is 2.22. The number of benzene rings is 2. The number of aromatic nitrogens is 2. The molecule has 0 bridgehead atoms. The van der Waals surface area contributed by atoms with Gasteiger partial charge in [-0.2, -0.15) is 0 Å². The maximum absolute atomic E-state index is 12.8. The molecular formula is C20H14Cl2N2O3. The molecule has 0 radical (unpaired) electrons. The summed E-state index contributed by atoms with van der Waals surface area (Å²) in [6.45, 7) is 1.59. The van der Waals surface area contributed by atoms with Crippen molar-refractivity contribution in [2.45, 2.75) is 13.0 Å². The van der Waals surface area contributed by atoms with Crippen molar-refractivity contribution in [2.75, 3.05) is 13.2 Å². The highest BCUT2D eigenvalue weighted by Crippen LogP contribution is 2.39. The Morgan fingerprint density at radius 1 is 1.11 bits per heavy atom. The van der Waals surface area contributed by atoms with E-state index in [1.807, 2.05) is 18.2 Å². The van der Waals surface area contributed by atoms with E-state index in [1.165, 1.54) is 0 Å². The number of fused-ring (bicyclic) bond motifs is 3. The Labute approximate surface area is 164 Å². The van der Waals surface area contributed by atoms with Crippen molar-refractivity contribution < 1.29 is 9.47 Å². The van der Waals surface area contributed by atoms with Crippen LogP contribution in [-0.2, 0) is 6.54 Å². The molecule has 0 atom stereocenters. The molecule has 3 aromatic rings. The van der Waals surface area contributed by atoms with Crippen LogP contribution in [0.3, 0.4) is 0 Å². The van der Waals surface area contributed by atoms with Crippen LogP contribution in [0.5, 0.6) is 11.5 Å². The normalized spacial score (nSPS) is 16.7. The fourth-order valence-corrected chi connectivity index (χ4v) is 3.98. The Bertz CT molecular complexity index is 1180. The van der Waals surface area contributed by atoms with Gasteiger partial charge in [0.05, 0.1) is 15.9 Å². The first kappa shape index (κ1) is 16.7. The van der Waals surface area contributed by atoms with E-state index in [2.05, 4.69) is 4.98 Å². The molecule has 0 amide bonds. The number of hydrogen-bond acceptors (Lipinski definition) is 4. The van der Waals surface area contributed by atoms with E-state index >= 15 is 0 Å². The van der Waals surface area contributed by atoms with Gasteiger partial charge >= 0.3 is 0 Å². The second kappa shape index (κ2) is 6.29. The summed E-state index contributed by atoms with van der Waals surface area (Å²) in [7, 11) is 0. The van der Waals surface area contributed by atoms with E-state index in [9.17, 15) is 4.79 Å². The van der Waals surface area contributed by atoms with Crippen LogP contribution in [0, 0.1) is 0 Å². The van der Waals surface area contributed by atoms with Crippen molar-refractivity contribution in [1.29, 1.82) is 0 Å². The van der Waals surface area contributed by atoms with Gasteiger partial charge in [-0.15, -0.1) is 0 Å². The van der Waals surface area contributed by atoms with Crippen LogP contribution < -0.4 is 15.0 Å². The lowest BCUT2D eigenvalue weighted by Gasteiger charge is -2.19. The molecule has 5 rings (SSSR count). The Kier molecular flexibility index (Phi) is 3.88. The largest absolute Gasteiger partial charge is 0.486 e. The molecule has 0 fully saturated rings. The quantitative estimate of drug-likeness (QED) is 0.606. The van der Waals surface area contributed by atoms with Gasteiger partial charge in [-0.25, -0.2) is 4.98 Å². The number of hydrogen-bond donors (Lipinski definition) is 0. The molecule has 1 aromatic heterocycles. The first-order valence-electron chi connectivity index (χ1n) is 8.60. The van der Waals surface area contributed by atoms with Gasteiger partial charge in [0.25, 0.3) is 5.56 Å². The van der Waals surface area contributed by atoms with E-state index in [0.717, 1.165) is 17.6 Å². The Morgan fingerprint density at radius 3 is 2.85 bits per heavy atom. The zero-order chi connectivity index (χ0) is 18.5.